The van der Waals surface area contributed by atoms with Gasteiger partial charge in [0.1, 0.15) is 11.6 Å². The molecule has 1 atom stereocenters. The summed E-state index contributed by atoms with van der Waals surface area (Å²) in [5.41, 5.74) is 10.7. The predicted molar refractivity (Wildman–Crippen MR) is 46.5 cm³/mol. The largest absolute Gasteiger partial charge is 0.505 e. The molecule has 0 aliphatic rings. The minimum atomic E-state index is -0.821. The van der Waals surface area contributed by atoms with E-state index in [0.717, 1.165) is 12.1 Å². The average molecular weight is 186 g/mol. The molecule has 0 aliphatic carbocycles. The molecule has 0 saturated carbocycles. The lowest BCUT2D eigenvalue weighted by Crippen LogP contribution is -2.15. The lowest BCUT2D eigenvalue weighted by molar-refractivity contribution is 0.265. The molecule has 0 amide bonds. The Bertz CT molecular complexity index is 317. The number of benzene rings is 1. The van der Waals surface area contributed by atoms with E-state index in [2.05, 4.69) is 0 Å². The summed E-state index contributed by atoms with van der Waals surface area (Å²) in [6.45, 7) is -0.379. The van der Waals surface area contributed by atoms with Gasteiger partial charge in [-0.25, -0.2) is 4.39 Å². The third kappa shape index (κ3) is 1.88. The van der Waals surface area contributed by atoms with Crippen molar-refractivity contribution in [2.24, 2.45) is 5.73 Å². The van der Waals surface area contributed by atoms with Crippen LogP contribution in [-0.2, 0) is 0 Å². The van der Waals surface area contributed by atoms with Crippen LogP contribution in [0.3, 0.4) is 0 Å². The van der Waals surface area contributed by atoms with E-state index in [-0.39, 0.29) is 23.6 Å². The van der Waals surface area contributed by atoms with Gasteiger partial charge in [-0.2, -0.15) is 0 Å². The second-order valence-electron chi connectivity index (χ2n) is 2.72. The van der Waals surface area contributed by atoms with Gasteiger partial charge in [-0.15, -0.1) is 0 Å². The zero-order valence-electron chi connectivity index (χ0n) is 6.87. The van der Waals surface area contributed by atoms with Crippen LogP contribution in [0.15, 0.2) is 12.1 Å². The molecular weight excluding hydrogens is 175 g/mol. The number of hydrogen-bond acceptors (Lipinski definition) is 4. The summed E-state index contributed by atoms with van der Waals surface area (Å²) < 4.78 is 12.8. The maximum Gasteiger partial charge on any atom is 0.143 e. The molecule has 5 heteroatoms. The third-order valence-electron chi connectivity index (χ3n) is 1.73. The first-order chi connectivity index (χ1) is 6.06. The fraction of sp³-hybridized carbons (Fsp3) is 0.250. The van der Waals surface area contributed by atoms with Crippen LogP contribution in [0.5, 0.6) is 5.75 Å². The first-order valence-electron chi connectivity index (χ1n) is 3.70. The van der Waals surface area contributed by atoms with Gasteiger partial charge in [-0.1, -0.05) is 0 Å². The Morgan fingerprint density at radius 3 is 2.62 bits per heavy atom. The monoisotopic (exact) mass is 186 g/mol. The number of nitrogen functional groups attached to an aromatic ring is 1. The number of aliphatic hydroxyl groups excluding tert-OH is 1. The molecule has 0 saturated heterocycles. The maximum absolute atomic E-state index is 12.8. The van der Waals surface area contributed by atoms with E-state index >= 15 is 0 Å². The quantitative estimate of drug-likeness (QED) is 0.389. The van der Waals surface area contributed by atoms with Gasteiger partial charge in [-0.3, -0.25) is 0 Å². The van der Waals surface area contributed by atoms with Crippen molar-refractivity contribution < 1.29 is 14.6 Å². The Balaban J connectivity index is 3.20. The van der Waals surface area contributed by atoms with E-state index in [1.54, 1.807) is 0 Å². The van der Waals surface area contributed by atoms with Crippen molar-refractivity contribution in [1.29, 1.82) is 0 Å². The van der Waals surface area contributed by atoms with Gasteiger partial charge in [0.25, 0.3) is 0 Å². The van der Waals surface area contributed by atoms with Crippen LogP contribution in [0.2, 0.25) is 0 Å². The lowest BCUT2D eigenvalue weighted by atomic mass is 10.1. The first-order valence-corrected chi connectivity index (χ1v) is 3.70. The fourth-order valence-electron chi connectivity index (χ4n) is 1.02. The van der Waals surface area contributed by atoms with Gasteiger partial charge in [-0.05, 0) is 6.07 Å². The normalized spacial score (nSPS) is 12.8. The highest BCUT2D eigenvalue weighted by atomic mass is 19.1. The van der Waals surface area contributed by atoms with Crippen LogP contribution in [-0.4, -0.2) is 16.8 Å². The molecule has 4 nitrogen and oxygen atoms in total. The summed E-state index contributed by atoms with van der Waals surface area (Å²) in [5.74, 6) is -0.864. The SMILES string of the molecule is Nc1cc(F)cc(C(N)CO)c1O. The minimum absolute atomic E-state index is 0.0844. The minimum Gasteiger partial charge on any atom is -0.505 e. The molecule has 72 valence electrons. The van der Waals surface area contributed by atoms with E-state index in [9.17, 15) is 9.50 Å². The molecule has 1 aromatic carbocycles. The average Bonchev–Trinajstić information content (AvgIpc) is 2.10. The van der Waals surface area contributed by atoms with Gasteiger partial charge in [0, 0.05) is 11.6 Å². The summed E-state index contributed by atoms with van der Waals surface area (Å²) in [5, 5.41) is 18.0. The smallest absolute Gasteiger partial charge is 0.143 e. The number of aliphatic hydroxyl groups is 1. The van der Waals surface area contributed by atoms with Gasteiger partial charge >= 0.3 is 0 Å². The maximum atomic E-state index is 12.8. The van der Waals surface area contributed by atoms with Crippen LogP contribution in [0, 0.1) is 5.82 Å². The van der Waals surface area contributed by atoms with Crippen molar-refractivity contribution >= 4 is 5.69 Å². The molecule has 0 radical (unpaired) electrons. The molecule has 0 bridgehead atoms. The number of halogens is 1. The number of nitrogens with two attached hydrogens (primary N) is 2. The zero-order valence-corrected chi connectivity index (χ0v) is 6.87. The predicted octanol–water partition coefficient (Wildman–Crippen LogP) is 0.106. The summed E-state index contributed by atoms with van der Waals surface area (Å²) >= 11 is 0. The van der Waals surface area contributed by atoms with Crippen molar-refractivity contribution in [3.63, 3.8) is 0 Å². The number of phenols is 1. The summed E-state index contributed by atoms with van der Waals surface area (Å²) in [4.78, 5) is 0. The summed E-state index contributed by atoms with van der Waals surface area (Å²) in [6, 6.07) is 1.22. The molecule has 0 aliphatic heterocycles. The highest BCUT2D eigenvalue weighted by molar-refractivity contribution is 5.57. The Labute approximate surface area is 74.6 Å². The summed E-state index contributed by atoms with van der Waals surface area (Å²) in [6.07, 6.45) is 0. The third-order valence-corrected chi connectivity index (χ3v) is 1.73. The summed E-state index contributed by atoms with van der Waals surface area (Å²) in [7, 11) is 0. The Morgan fingerprint density at radius 2 is 2.08 bits per heavy atom. The highest BCUT2D eigenvalue weighted by Crippen LogP contribution is 2.29. The second kappa shape index (κ2) is 3.59. The van der Waals surface area contributed by atoms with Crippen molar-refractivity contribution in [3.8, 4) is 5.75 Å². The Hall–Kier alpha value is -1.33. The first kappa shape index (κ1) is 9.76. The standard InChI is InChI=1S/C8H11FN2O2/c9-4-1-5(7(11)3-12)8(13)6(10)2-4/h1-2,7,12-13H,3,10-11H2. The molecule has 6 N–H and O–H groups in total. The van der Waals surface area contributed by atoms with Gasteiger partial charge in [0.15, 0.2) is 0 Å². The van der Waals surface area contributed by atoms with Crippen molar-refractivity contribution in [2.45, 2.75) is 6.04 Å². The topological polar surface area (TPSA) is 92.5 Å². The van der Waals surface area contributed by atoms with Gasteiger partial charge < -0.3 is 21.7 Å². The van der Waals surface area contributed by atoms with E-state index in [1.807, 2.05) is 0 Å². The fourth-order valence-corrected chi connectivity index (χ4v) is 1.02. The molecular formula is C8H11FN2O2. The lowest BCUT2D eigenvalue weighted by Gasteiger charge is -2.12. The van der Waals surface area contributed by atoms with Crippen LogP contribution >= 0.6 is 0 Å². The van der Waals surface area contributed by atoms with E-state index in [0.29, 0.717) is 0 Å². The molecule has 1 rings (SSSR count). The molecule has 1 unspecified atom stereocenters. The highest BCUT2D eigenvalue weighted by Gasteiger charge is 2.13. The van der Waals surface area contributed by atoms with Crippen LogP contribution in [0.1, 0.15) is 11.6 Å². The number of hydrogen-bond donors (Lipinski definition) is 4. The number of rotatable bonds is 2. The van der Waals surface area contributed by atoms with E-state index in [4.69, 9.17) is 16.6 Å². The van der Waals surface area contributed by atoms with E-state index in [1.165, 1.54) is 0 Å². The van der Waals surface area contributed by atoms with Crippen LogP contribution < -0.4 is 11.5 Å². The van der Waals surface area contributed by atoms with Crippen LogP contribution in [0.4, 0.5) is 10.1 Å². The molecule has 0 fully saturated rings. The number of phenolic OH excluding ortho intramolecular Hbond substituents is 1. The molecule has 0 spiro atoms. The molecule has 1 aromatic rings. The van der Waals surface area contributed by atoms with Crippen molar-refractivity contribution in [1.82, 2.24) is 0 Å². The molecule has 13 heavy (non-hydrogen) atoms. The van der Waals surface area contributed by atoms with Crippen molar-refractivity contribution in [2.75, 3.05) is 12.3 Å². The Kier molecular flexibility index (Phi) is 2.69. The molecule has 0 heterocycles. The van der Waals surface area contributed by atoms with E-state index < -0.39 is 11.9 Å². The van der Waals surface area contributed by atoms with Crippen LogP contribution in [0.25, 0.3) is 0 Å². The van der Waals surface area contributed by atoms with Gasteiger partial charge in [0.2, 0.25) is 0 Å². The number of anilines is 1. The van der Waals surface area contributed by atoms with Gasteiger partial charge in [0.05, 0.1) is 18.3 Å². The number of aromatic hydroxyl groups is 1. The Morgan fingerprint density at radius 1 is 1.46 bits per heavy atom. The van der Waals surface area contributed by atoms with Crippen molar-refractivity contribution in [3.05, 3.63) is 23.5 Å². The molecule has 0 aromatic heterocycles. The second-order valence-corrected chi connectivity index (χ2v) is 2.72. The zero-order chi connectivity index (χ0) is 10.0.